The summed E-state index contributed by atoms with van der Waals surface area (Å²) in [5.41, 5.74) is 0. The zero-order chi connectivity index (χ0) is 16.5. The van der Waals surface area contributed by atoms with Crippen LogP contribution in [0.2, 0.25) is 0 Å². The van der Waals surface area contributed by atoms with Gasteiger partial charge in [0, 0.05) is 39.3 Å². The Bertz CT molecular complexity index is 346. The Morgan fingerprint density at radius 1 is 1.17 bits per heavy atom. The van der Waals surface area contributed by atoms with Crippen LogP contribution in [0, 0.1) is 5.92 Å². The number of hydrogen-bond acceptors (Lipinski definition) is 5. The number of carbonyl (C=O) groups is 1. The number of rotatable bonds is 8. The Balaban J connectivity index is 1.52. The molecule has 6 heteroatoms. The molecule has 2 atom stereocenters. The molecular formula is C17H33N3O3. The fourth-order valence-electron chi connectivity index (χ4n) is 3.50. The van der Waals surface area contributed by atoms with Gasteiger partial charge in [0.25, 0.3) is 0 Å². The third kappa shape index (κ3) is 6.75. The van der Waals surface area contributed by atoms with Crippen LogP contribution in [0.3, 0.4) is 0 Å². The molecule has 6 nitrogen and oxygen atoms in total. The van der Waals surface area contributed by atoms with Crippen LogP contribution in [-0.2, 0) is 9.53 Å². The summed E-state index contributed by atoms with van der Waals surface area (Å²) in [6.07, 6.45) is 5.39. The van der Waals surface area contributed by atoms with Crippen LogP contribution < -0.4 is 5.32 Å². The van der Waals surface area contributed by atoms with E-state index in [4.69, 9.17) is 9.84 Å². The zero-order valence-corrected chi connectivity index (χ0v) is 14.5. The van der Waals surface area contributed by atoms with Crippen LogP contribution in [0.5, 0.6) is 0 Å². The van der Waals surface area contributed by atoms with Crippen molar-refractivity contribution in [3.05, 3.63) is 0 Å². The standard InChI is InChI=1S/C17H33N3O3/c1-15-4-2-3-5-16(15)23-13-6-18-17(22)14-20-9-7-19(8-10-20)11-12-21/h15-16,21H,2-14H2,1H3,(H,18,22). The third-order valence-electron chi connectivity index (χ3n) is 5.04. The summed E-state index contributed by atoms with van der Waals surface area (Å²) in [5.74, 6) is 0.732. The van der Waals surface area contributed by atoms with E-state index in [0.717, 1.165) is 39.1 Å². The lowest BCUT2D eigenvalue weighted by atomic mass is 9.88. The Morgan fingerprint density at radius 3 is 2.57 bits per heavy atom. The highest BCUT2D eigenvalue weighted by Crippen LogP contribution is 2.25. The van der Waals surface area contributed by atoms with Crippen molar-refractivity contribution in [1.82, 2.24) is 15.1 Å². The van der Waals surface area contributed by atoms with Crippen LogP contribution in [0.1, 0.15) is 32.6 Å². The molecule has 2 fully saturated rings. The average molecular weight is 327 g/mol. The molecule has 2 rings (SSSR count). The minimum atomic E-state index is 0.0842. The smallest absolute Gasteiger partial charge is 0.234 e. The van der Waals surface area contributed by atoms with Crippen molar-refractivity contribution in [2.75, 3.05) is 59.0 Å². The number of piperazine rings is 1. The second-order valence-electron chi connectivity index (χ2n) is 6.86. The van der Waals surface area contributed by atoms with E-state index in [1.165, 1.54) is 19.3 Å². The van der Waals surface area contributed by atoms with Gasteiger partial charge in [0.05, 0.1) is 25.9 Å². The molecule has 0 bridgehead atoms. The minimum Gasteiger partial charge on any atom is -0.395 e. The molecule has 23 heavy (non-hydrogen) atoms. The van der Waals surface area contributed by atoms with Crippen molar-refractivity contribution in [3.8, 4) is 0 Å². The van der Waals surface area contributed by atoms with Crippen molar-refractivity contribution in [2.45, 2.75) is 38.7 Å². The molecule has 0 spiro atoms. The summed E-state index contributed by atoms with van der Waals surface area (Å²) in [7, 11) is 0. The van der Waals surface area contributed by atoms with Gasteiger partial charge in [-0.3, -0.25) is 14.6 Å². The van der Waals surface area contributed by atoms with Crippen molar-refractivity contribution in [2.24, 2.45) is 5.92 Å². The van der Waals surface area contributed by atoms with E-state index in [0.29, 0.717) is 31.7 Å². The van der Waals surface area contributed by atoms with Crippen LogP contribution in [0.15, 0.2) is 0 Å². The second-order valence-corrected chi connectivity index (χ2v) is 6.86. The van der Waals surface area contributed by atoms with E-state index in [9.17, 15) is 4.79 Å². The summed E-state index contributed by atoms with van der Waals surface area (Å²) in [4.78, 5) is 16.4. The summed E-state index contributed by atoms with van der Waals surface area (Å²) in [6.45, 7) is 8.53. The van der Waals surface area contributed by atoms with Crippen LogP contribution in [0.4, 0.5) is 0 Å². The van der Waals surface area contributed by atoms with Crippen molar-refractivity contribution in [3.63, 3.8) is 0 Å². The first kappa shape index (κ1) is 18.6. The Morgan fingerprint density at radius 2 is 1.87 bits per heavy atom. The first-order valence-corrected chi connectivity index (χ1v) is 9.13. The van der Waals surface area contributed by atoms with Gasteiger partial charge in [0.2, 0.25) is 5.91 Å². The molecule has 0 aromatic rings. The SMILES string of the molecule is CC1CCCCC1OCCNC(=O)CN1CCN(CCO)CC1. The molecule has 1 saturated carbocycles. The van der Waals surface area contributed by atoms with Gasteiger partial charge in [-0.15, -0.1) is 0 Å². The number of nitrogens with zero attached hydrogens (tertiary/aromatic N) is 2. The van der Waals surface area contributed by atoms with E-state index in [2.05, 4.69) is 22.0 Å². The summed E-state index contributed by atoms with van der Waals surface area (Å²) in [5, 5.41) is 11.9. The lowest BCUT2D eigenvalue weighted by Gasteiger charge is -2.33. The number of ether oxygens (including phenoxy) is 1. The number of hydrogen-bond donors (Lipinski definition) is 2. The number of nitrogens with one attached hydrogen (secondary N) is 1. The summed E-state index contributed by atoms with van der Waals surface area (Å²) >= 11 is 0. The van der Waals surface area contributed by atoms with E-state index in [1.807, 2.05) is 0 Å². The van der Waals surface area contributed by atoms with E-state index >= 15 is 0 Å². The first-order valence-electron chi connectivity index (χ1n) is 9.13. The van der Waals surface area contributed by atoms with E-state index < -0.39 is 0 Å². The van der Waals surface area contributed by atoms with Crippen LogP contribution >= 0.6 is 0 Å². The van der Waals surface area contributed by atoms with Gasteiger partial charge in [-0.25, -0.2) is 0 Å². The molecular weight excluding hydrogens is 294 g/mol. The largest absolute Gasteiger partial charge is 0.395 e. The summed E-state index contributed by atoms with van der Waals surface area (Å²) in [6, 6.07) is 0. The van der Waals surface area contributed by atoms with Crippen LogP contribution in [-0.4, -0.2) is 85.9 Å². The van der Waals surface area contributed by atoms with Crippen molar-refractivity contribution >= 4 is 5.91 Å². The number of amides is 1. The Hall–Kier alpha value is -0.690. The van der Waals surface area contributed by atoms with Gasteiger partial charge >= 0.3 is 0 Å². The zero-order valence-electron chi connectivity index (χ0n) is 14.5. The van der Waals surface area contributed by atoms with Gasteiger partial charge in [-0.2, -0.15) is 0 Å². The van der Waals surface area contributed by atoms with Crippen molar-refractivity contribution in [1.29, 1.82) is 0 Å². The fraction of sp³-hybridized carbons (Fsp3) is 0.941. The Kier molecular flexibility index (Phi) is 8.30. The molecule has 134 valence electrons. The predicted molar refractivity (Wildman–Crippen MR) is 90.3 cm³/mol. The van der Waals surface area contributed by atoms with E-state index in [-0.39, 0.29) is 12.5 Å². The van der Waals surface area contributed by atoms with Crippen molar-refractivity contribution < 1.29 is 14.6 Å². The fourth-order valence-corrected chi connectivity index (χ4v) is 3.50. The third-order valence-corrected chi connectivity index (χ3v) is 5.04. The maximum atomic E-state index is 12.0. The molecule has 2 N–H and O–H groups in total. The van der Waals surface area contributed by atoms with Gasteiger partial charge in [0.1, 0.15) is 0 Å². The van der Waals surface area contributed by atoms with Gasteiger partial charge in [-0.1, -0.05) is 19.8 Å². The van der Waals surface area contributed by atoms with Crippen LogP contribution in [0.25, 0.3) is 0 Å². The molecule has 0 aromatic heterocycles. The highest BCUT2D eigenvalue weighted by molar-refractivity contribution is 5.77. The lowest BCUT2D eigenvalue weighted by Crippen LogP contribution is -2.50. The van der Waals surface area contributed by atoms with Gasteiger partial charge < -0.3 is 15.2 Å². The number of β-amino-alcohol motifs (C(OH)–C–C–N with tert-alkyl or cyclic N) is 1. The average Bonchev–Trinajstić information content (AvgIpc) is 2.55. The monoisotopic (exact) mass is 327 g/mol. The first-order chi connectivity index (χ1) is 11.2. The quantitative estimate of drug-likeness (QED) is 0.628. The van der Waals surface area contributed by atoms with Gasteiger partial charge in [0.15, 0.2) is 0 Å². The Labute approximate surface area is 140 Å². The lowest BCUT2D eigenvalue weighted by molar-refractivity contribution is -0.123. The molecule has 1 heterocycles. The molecule has 0 radical (unpaired) electrons. The molecule has 1 aliphatic carbocycles. The van der Waals surface area contributed by atoms with Gasteiger partial charge in [-0.05, 0) is 18.8 Å². The summed E-state index contributed by atoms with van der Waals surface area (Å²) < 4.78 is 5.92. The second kappa shape index (κ2) is 10.2. The maximum Gasteiger partial charge on any atom is 0.234 e. The van der Waals surface area contributed by atoms with E-state index in [1.54, 1.807) is 0 Å². The molecule has 2 aliphatic rings. The maximum absolute atomic E-state index is 12.0. The molecule has 1 saturated heterocycles. The topological polar surface area (TPSA) is 65.0 Å². The minimum absolute atomic E-state index is 0.0842. The number of aliphatic hydroxyl groups excluding tert-OH is 1. The molecule has 0 aromatic carbocycles. The highest BCUT2D eigenvalue weighted by atomic mass is 16.5. The molecule has 1 aliphatic heterocycles. The number of aliphatic hydroxyl groups is 1. The molecule has 2 unspecified atom stereocenters. The predicted octanol–water partition coefficient (Wildman–Crippen LogP) is 0.308. The molecule has 1 amide bonds. The number of carbonyl (C=O) groups excluding carboxylic acids is 1. The highest BCUT2D eigenvalue weighted by Gasteiger charge is 2.22. The normalized spacial score (nSPS) is 27.0.